The summed E-state index contributed by atoms with van der Waals surface area (Å²) in [6.45, 7) is 4.02. The first-order valence-electron chi connectivity index (χ1n) is 10.5. The number of phenolic OH excluding ortho intramolecular Hbond substituents is 1. The first kappa shape index (κ1) is 22.0. The molecule has 0 amide bonds. The highest BCUT2D eigenvalue weighted by Gasteiger charge is 2.45. The maximum atomic E-state index is 13.5. The summed E-state index contributed by atoms with van der Waals surface area (Å²) >= 11 is 0. The summed E-state index contributed by atoms with van der Waals surface area (Å²) in [7, 11) is 1.45. The standard InChI is InChI=1S/C26H24N4O3/c1-26(2)11-19-24(21(32)12-26)23(15-8-9-22(33-3)20(31)10-15)17(14-28)25(29)30(19)18-7-5-4-6-16(18)13-27/h4-10,23,31H,11-12,29H2,1-3H3. The van der Waals surface area contributed by atoms with Crippen molar-refractivity contribution in [3.05, 3.63) is 76.3 Å². The molecule has 33 heavy (non-hydrogen) atoms. The Kier molecular flexibility index (Phi) is 5.35. The van der Waals surface area contributed by atoms with Crippen LogP contribution in [-0.4, -0.2) is 18.0 Å². The average Bonchev–Trinajstić information content (AvgIpc) is 2.77. The number of allylic oxidation sites excluding steroid dienone is 3. The van der Waals surface area contributed by atoms with Gasteiger partial charge in [0.15, 0.2) is 17.3 Å². The number of ether oxygens (including phenoxy) is 1. The van der Waals surface area contributed by atoms with Crippen LogP contribution in [0.2, 0.25) is 0 Å². The number of rotatable bonds is 3. The van der Waals surface area contributed by atoms with Gasteiger partial charge in [-0.15, -0.1) is 0 Å². The Morgan fingerprint density at radius 2 is 1.88 bits per heavy atom. The van der Waals surface area contributed by atoms with Crippen molar-refractivity contribution in [2.45, 2.75) is 32.6 Å². The Bertz CT molecular complexity index is 1310. The fourth-order valence-electron chi connectivity index (χ4n) is 4.77. The molecule has 0 radical (unpaired) electrons. The number of nitrogens with zero attached hydrogens (tertiary/aromatic N) is 3. The molecule has 0 saturated heterocycles. The van der Waals surface area contributed by atoms with Crippen LogP contribution in [0, 0.1) is 28.1 Å². The summed E-state index contributed by atoms with van der Waals surface area (Å²) in [5.74, 6) is -0.435. The normalized spacial score (nSPS) is 19.6. The highest BCUT2D eigenvalue weighted by Crippen LogP contribution is 2.51. The van der Waals surface area contributed by atoms with E-state index in [-0.39, 0.29) is 28.3 Å². The Morgan fingerprint density at radius 1 is 1.15 bits per heavy atom. The zero-order valence-corrected chi connectivity index (χ0v) is 18.7. The van der Waals surface area contributed by atoms with Crippen molar-refractivity contribution < 1.29 is 14.6 Å². The summed E-state index contributed by atoms with van der Waals surface area (Å²) < 4.78 is 5.15. The number of para-hydroxylation sites is 1. The molecule has 0 fully saturated rings. The number of carbonyl (C=O) groups excluding carboxylic acids is 1. The molecule has 4 rings (SSSR count). The SMILES string of the molecule is COc1ccc(C2C(C#N)=C(N)N(c3ccccc3C#N)C3=C2C(=O)CC(C)(C)C3)cc1O. The molecule has 2 aromatic rings. The van der Waals surface area contributed by atoms with Gasteiger partial charge in [0, 0.05) is 17.7 Å². The molecule has 2 aliphatic rings. The van der Waals surface area contributed by atoms with E-state index < -0.39 is 5.92 Å². The van der Waals surface area contributed by atoms with Gasteiger partial charge in [0.2, 0.25) is 0 Å². The fraction of sp³-hybridized carbons (Fsp3) is 0.269. The minimum absolute atomic E-state index is 0.0822. The number of hydrogen-bond donors (Lipinski definition) is 2. The number of phenols is 1. The molecular formula is C26H24N4O3. The summed E-state index contributed by atoms with van der Waals surface area (Å²) in [6, 6.07) is 16.2. The molecule has 0 spiro atoms. The topological polar surface area (TPSA) is 123 Å². The molecule has 1 heterocycles. The second kappa shape index (κ2) is 8.03. The molecule has 3 N–H and O–H groups in total. The third-order valence-corrected chi connectivity index (χ3v) is 6.18. The Balaban J connectivity index is 2.03. The molecule has 7 heteroatoms. The molecule has 1 unspecified atom stereocenters. The molecular weight excluding hydrogens is 416 g/mol. The molecule has 0 aromatic heterocycles. The average molecular weight is 441 g/mol. The van der Waals surface area contributed by atoms with E-state index in [0.29, 0.717) is 46.7 Å². The number of methoxy groups -OCH3 is 1. The number of nitrogens with two attached hydrogens (primary N) is 1. The van der Waals surface area contributed by atoms with Gasteiger partial charge in [0.25, 0.3) is 0 Å². The molecule has 2 aromatic carbocycles. The highest BCUT2D eigenvalue weighted by atomic mass is 16.5. The number of aromatic hydroxyl groups is 1. The number of ketones is 1. The van der Waals surface area contributed by atoms with E-state index in [4.69, 9.17) is 10.5 Å². The third-order valence-electron chi connectivity index (χ3n) is 6.18. The number of hydrogen-bond acceptors (Lipinski definition) is 7. The van der Waals surface area contributed by atoms with E-state index in [1.807, 2.05) is 13.8 Å². The Morgan fingerprint density at radius 3 is 2.52 bits per heavy atom. The van der Waals surface area contributed by atoms with E-state index in [9.17, 15) is 20.4 Å². The van der Waals surface area contributed by atoms with Crippen LogP contribution in [0.1, 0.15) is 43.7 Å². The van der Waals surface area contributed by atoms with Crippen molar-refractivity contribution in [1.29, 1.82) is 10.5 Å². The third kappa shape index (κ3) is 3.58. The van der Waals surface area contributed by atoms with Crippen LogP contribution in [0.15, 0.2) is 65.1 Å². The van der Waals surface area contributed by atoms with E-state index in [0.717, 1.165) is 0 Å². The van der Waals surface area contributed by atoms with Gasteiger partial charge in [-0.05, 0) is 41.7 Å². The maximum Gasteiger partial charge on any atom is 0.162 e. The number of nitriles is 2. The zero-order valence-electron chi connectivity index (χ0n) is 18.7. The van der Waals surface area contributed by atoms with Crippen LogP contribution in [0.5, 0.6) is 11.5 Å². The van der Waals surface area contributed by atoms with Crippen LogP contribution in [0.3, 0.4) is 0 Å². The van der Waals surface area contributed by atoms with Crippen LogP contribution in [0.4, 0.5) is 5.69 Å². The summed E-state index contributed by atoms with van der Waals surface area (Å²) in [5.41, 5.74) is 9.09. The monoisotopic (exact) mass is 440 g/mol. The van der Waals surface area contributed by atoms with Gasteiger partial charge in [0.05, 0.1) is 35.9 Å². The Labute approximate surface area is 192 Å². The van der Waals surface area contributed by atoms with Gasteiger partial charge >= 0.3 is 0 Å². The van der Waals surface area contributed by atoms with E-state index >= 15 is 0 Å². The zero-order chi connectivity index (χ0) is 23.9. The van der Waals surface area contributed by atoms with Crippen molar-refractivity contribution in [2.75, 3.05) is 12.0 Å². The van der Waals surface area contributed by atoms with Gasteiger partial charge in [0.1, 0.15) is 11.9 Å². The second-order valence-electron chi connectivity index (χ2n) is 9.04. The lowest BCUT2D eigenvalue weighted by atomic mass is 9.68. The lowest BCUT2D eigenvalue weighted by Gasteiger charge is -2.44. The van der Waals surface area contributed by atoms with Crippen molar-refractivity contribution in [3.63, 3.8) is 0 Å². The summed E-state index contributed by atoms with van der Waals surface area (Å²) in [5, 5.41) is 30.2. The molecule has 0 saturated carbocycles. The van der Waals surface area contributed by atoms with Crippen molar-refractivity contribution >= 4 is 11.5 Å². The smallest absolute Gasteiger partial charge is 0.162 e. The van der Waals surface area contributed by atoms with Crippen LogP contribution in [0.25, 0.3) is 0 Å². The lowest BCUT2D eigenvalue weighted by Crippen LogP contribution is -2.42. The minimum Gasteiger partial charge on any atom is -0.504 e. The number of carbonyl (C=O) groups is 1. The predicted molar refractivity (Wildman–Crippen MR) is 123 cm³/mol. The van der Waals surface area contributed by atoms with Gasteiger partial charge in [-0.25, -0.2) is 0 Å². The lowest BCUT2D eigenvalue weighted by molar-refractivity contribution is -0.118. The van der Waals surface area contributed by atoms with Crippen molar-refractivity contribution in [3.8, 4) is 23.6 Å². The minimum atomic E-state index is -0.726. The van der Waals surface area contributed by atoms with Crippen molar-refractivity contribution in [1.82, 2.24) is 0 Å². The first-order chi connectivity index (χ1) is 15.7. The van der Waals surface area contributed by atoms with Gasteiger partial charge < -0.3 is 15.6 Å². The first-order valence-corrected chi connectivity index (χ1v) is 10.5. The number of benzene rings is 2. The van der Waals surface area contributed by atoms with Crippen LogP contribution >= 0.6 is 0 Å². The van der Waals surface area contributed by atoms with Gasteiger partial charge in [-0.1, -0.05) is 32.0 Å². The molecule has 166 valence electrons. The Hall–Kier alpha value is -4.23. The van der Waals surface area contributed by atoms with E-state index in [1.165, 1.54) is 13.2 Å². The largest absolute Gasteiger partial charge is 0.504 e. The molecule has 1 atom stereocenters. The number of Topliss-reactive ketones (excluding diaryl/α,β-unsaturated/α-hetero) is 1. The highest BCUT2D eigenvalue weighted by molar-refractivity contribution is 6.02. The molecule has 1 aliphatic heterocycles. The quantitative estimate of drug-likeness (QED) is 0.732. The van der Waals surface area contributed by atoms with Gasteiger partial charge in [-0.2, -0.15) is 10.5 Å². The second-order valence-corrected chi connectivity index (χ2v) is 9.04. The summed E-state index contributed by atoms with van der Waals surface area (Å²) in [4.78, 5) is 15.2. The fourth-order valence-corrected chi connectivity index (χ4v) is 4.77. The summed E-state index contributed by atoms with van der Waals surface area (Å²) in [6.07, 6.45) is 0.850. The molecule has 7 nitrogen and oxygen atoms in total. The van der Waals surface area contributed by atoms with Crippen LogP contribution in [-0.2, 0) is 4.79 Å². The molecule has 0 bridgehead atoms. The predicted octanol–water partition coefficient (Wildman–Crippen LogP) is 4.21. The van der Waals surface area contributed by atoms with E-state index in [2.05, 4.69) is 12.1 Å². The maximum absolute atomic E-state index is 13.5. The van der Waals surface area contributed by atoms with E-state index in [1.54, 1.807) is 41.3 Å². The van der Waals surface area contributed by atoms with Gasteiger partial charge in [-0.3, -0.25) is 9.69 Å². The van der Waals surface area contributed by atoms with Crippen LogP contribution < -0.4 is 15.4 Å². The number of anilines is 1. The van der Waals surface area contributed by atoms with Crippen molar-refractivity contribution in [2.24, 2.45) is 11.1 Å². The molecule has 1 aliphatic carbocycles.